The Morgan fingerprint density at radius 3 is 2.34 bits per heavy atom. The van der Waals surface area contributed by atoms with Gasteiger partial charge < -0.3 is 30.9 Å². The number of carboxylic acid groups (broad SMARTS) is 1. The van der Waals surface area contributed by atoms with Crippen molar-refractivity contribution in [2.24, 2.45) is 5.73 Å². The molecule has 0 amide bonds. The van der Waals surface area contributed by atoms with Crippen molar-refractivity contribution in [1.82, 2.24) is 9.55 Å². The summed E-state index contributed by atoms with van der Waals surface area (Å²) in [7, 11) is 0. The minimum atomic E-state index is -1.35. The summed E-state index contributed by atoms with van der Waals surface area (Å²) < 4.78 is 6.08. The summed E-state index contributed by atoms with van der Waals surface area (Å²) in [4.78, 5) is 34.7. The third kappa shape index (κ3) is 5.82. The number of aromatic nitrogens is 2. The average molecular weight is 409 g/mol. The van der Waals surface area contributed by atoms with Crippen molar-refractivity contribution in [3.63, 3.8) is 0 Å². The summed E-state index contributed by atoms with van der Waals surface area (Å²) in [6.07, 6.45) is -3.20. The number of H-pyrrole nitrogens is 1. The Bertz CT molecular complexity index is 913. The molecule has 1 aromatic carbocycles. The predicted octanol–water partition coefficient (Wildman–Crippen LogP) is -2.21. The first-order chi connectivity index (χ1) is 13.7. The van der Waals surface area contributed by atoms with Gasteiger partial charge in [-0.25, -0.2) is 4.79 Å². The molecule has 29 heavy (non-hydrogen) atoms. The van der Waals surface area contributed by atoms with Gasteiger partial charge in [0.1, 0.15) is 24.4 Å². The lowest BCUT2D eigenvalue weighted by molar-refractivity contribution is -0.138. The number of hydrogen-bond donors (Lipinski definition) is 6. The van der Waals surface area contributed by atoms with E-state index in [1.165, 1.54) is 0 Å². The number of nitrogens with two attached hydrogens (primary N) is 1. The second-order valence-electron chi connectivity index (χ2n) is 6.38. The lowest BCUT2D eigenvalue weighted by Gasteiger charge is -2.16. The van der Waals surface area contributed by atoms with Crippen LogP contribution in [0.25, 0.3) is 0 Å². The maximum atomic E-state index is 11.4. The highest BCUT2D eigenvalue weighted by Gasteiger charge is 2.43. The Labute approximate surface area is 164 Å². The highest BCUT2D eigenvalue weighted by molar-refractivity contribution is 5.73. The number of carbonyl (C=O) groups is 1. The van der Waals surface area contributed by atoms with E-state index in [1.54, 1.807) is 0 Å². The van der Waals surface area contributed by atoms with Crippen LogP contribution in [0, 0.1) is 0 Å². The van der Waals surface area contributed by atoms with Crippen LogP contribution >= 0.6 is 0 Å². The fraction of sp³-hybridized carbons (Fsp3) is 0.389. The average Bonchev–Trinajstić information content (AvgIpc) is 2.97. The van der Waals surface area contributed by atoms with E-state index in [-0.39, 0.29) is 0 Å². The zero-order valence-corrected chi connectivity index (χ0v) is 15.3. The largest absolute Gasteiger partial charge is 0.480 e. The minimum absolute atomic E-state index is 0.385. The van der Waals surface area contributed by atoms with Crippen molar-refractivity contribution in [3.8, 4) is 0 Å². The molecule has 1 aliphatic heterocycles. The lowest BCUT2D eigenvalue weighted by atomic mass is 10.1. The number of nitrogens with zero attached hydrogens (tertiary/aromatic N) is 1. The summed E-state index contributed by atoms with van der Waals surface area (Å²) >= 11 is 0. The zero-order chi connectivity index (χ0) is 21.6. The SMILES string of the molecule is NC(Cc1ccccc1)C(=O)O.O=c1ccn([C@@H]2O[C@H](CO)[C@@H](O)[C@H]2O)c(=O)[nH]1. The Kier molecular flexibility index (Phi) is 7.82. The van der Waals surface area contributed by atoms with Gasteiger partial charge in [-0.3, -0.25) is 19.1 Å². The number of benzene rings is 1. The molecule has 3 rings (SSSR count). The number of ether oxygens (including phenoxy) is 1. The molecule has 11 nitrogen and oxygen atoms in total. The molecule has 2 heterocycles. The third-order valence-electron chi connectivity index (χ3n) is 4.26. The molecule has 1 unspecified atom stereocenters. The molecule has 7 N–H and O–H groups in total. The summed E-state index contributed by atoms with van der Waals surface area (Å²) in [5.74, 6) is -0.959. The number of nitrogens with one attached hydrogen (secondary N) is 1. The van der Waals surface area contributed by atoms with Gasteiger partial charge in [0.05, 0.1) is 6.61 Å². The highest BCUT2D eigenvalue weighted by atomic mass is 16.6. The van der Waals surface area contributed by atoms with Gasteiger partial charge in [-0.15, -0.1) is 0 Å². The lowest BCUT2D eigenvalue weighted by Crippen LogP contribution is -2.37. The Morgan fingerprint density at radius 1 is 1.17 bits per heavy atom. The van der Waals surface area contributed by atoms with Crippen LogP contribution < -0.4 is 17.0 Å². The van der Waals surface area contributed by atoms with E-state index < -0.39 is 54.4 Å². The standard InChI is InChI=1S/C9H12N2O6.C9H11NO2/c12-3-4-6(14)7(15)8(17-4)11-2-1-5(13)10-9(11)16;10-8(9(11)12)6-7-4-2-1-3-5-7/h1-2,4,6-8,12,14-15H,3H2,(H,10,13,16);1-5,8H,6,10H2,(H,11,12)/t4-,6-,7-,8-;/m1./s1. The molecule has 158 valence electrons. The van der Waals surface area contributed by atoms with Crippen LogP contribution in [0.2, 0.25) is 0 Å². The second kappa shape index (κ2) is 10.1. The first-order valence-corrected chi connectivity index (χ1v) is 8.70. The molecular formula is C18H23N3O8. The third-order valence-corrected chi connectivity index (χ3v) is 4.26. The van der Waals surface area contributed by atoms with Gasteiger partial charge in [0.25, 0.3) is 5.56 Å². The topological polar surface area (TPSA) is 188 Å². The van der Waals surface area contributed by atoms with Crippen LogP contribution in [-0.2, 0) is 16.0 Å². The summed E-state index contributed by atoms with van der Waals surface area (Å²) in [5.41, 5.74) is 4.97. The second-order valence-corrected chi connectivity index (χ2v) is 6.38. The molecule has 0 aliphatic carbocycles. The summed E-state index contributed by atoms with van der Waals surface area (Å²) in [6, 6.07) is 9.64. The molecule has 1 saturated heterocycles. The number of aliphatic hydroxyl groups excluding tert-OH is 3. The van der Waals surface area contributed by atoms with Crippen molar-refractivity contribution < 1.29 is 30.0 Å². The van der Waals surface area contributed by atoms with E-state index in [0.717, 1.165) is 22.4 Å². The first kappa shape index (κ1) is 22.5. The van der Waals surface area contributed by atoms with Crippen LogP contribution in [0.5, 0.6) is 0 Å². The van der Waals surface area contributed by atoms with Gasteiger partial charge in [0.2, 0.25) is 0 Å². The Hall–Kier alpha value is -2.83. The zero-order valence-electron chi connectivity index (χ0n) is 15.3. The van der Waals surface area contributed by atoms with Crippen molar-refractivity contribution in [2.45, 2.75) is 37.0 Å². The number of hydrogen-bond acceptors (Lipinski definition) is 8. The quantitative estimate of drug-likeness (QED) is 0.318. The van der Waals surface area contributed by atoms with E-state index in [0.29, 0.717) is 6.42 Å². The number of aliphatic carboxylic acids is 1. The molecular weight excluding hydrogens is 386 g/mol. The monoisotopic (exact) mass is 409 g/mol. The Morgan fingerprint density at radius 2 is 1.83 bits per heavy atom. The van der Waals surface area contributed by atoms with Crippen molar-refractivity contribution in [3.05, 3.63) is 69.0 Å². The van der Waals surface area contributed by atoms with Gasteiger partial charge in [0.15, 0.2) is 6.23 Å². The van der Waals surface area contributed by atoms with E-state index >= 15 is 0 Å². The molecule has 0 saturated carbocycles. The van der Waals surface area contributed by atoms with Crippen LogP contribution in [-0.4, -0.2) is 66.9 Å². The van der Waals surface area contributed by atoms with Gasteiger partial charge >= 0.3 is 11.7 Å². The van der Waals surface area contributed by atoms with Crippen LogP contribution in [0.15, 0.2) is 52.2 Å². The maximum Gasteiger partial charge on any atom is 0.330 e. The maximum absolute atomic E-state index is 11.4. The van der Waals surface area contributed by atoms with Gasteiger partial charge in [0, 0.05) is 12.3 Å². The highest BCUT2D eigenvalue weighted by Crippen LogP contribution is 2.27. The van der Waals surface area contributed by atoms with Gasteiger partial charge in [-0.05, 0) is 12.0 Å². The smallest absolute Gasteiger partial charge is 0.330 e. The Balaban J connectivity index is 0.000000221. The number of rotatable bonds is 5. The first-order valence-electron chi connectivity index (χ1n) is 8.70. The van der Waals surface area contributed by atoms with Crippen molar-refractivity contribution >= 4 is 5.97 Å². The summed E-state index contributed by atoms with van der Waals surface area (Å²) in [6.45, 7) is -0.479. The molecule has 11 heteroatoms. The number of carboxylic acids is 1. The van der Waals surface area contributed by atoms with E-state index in [9.17, 15) is 24.6 Å². The molecule has 1 aromatic heterocycles. The van der Waals surface area contributed by atoms with Gasteiger partial charge in [-0.1, -0.05) is 30.3 Å². The molecule has 1 fully saturated rings. The minimum Gasteiger partial charge on any atom is -0.480 e. The van der Waals surface area contributed by atoms with Crippen LogP contribution in [0.4, 0.5) is 0 Å². The number of aromatic amines is 1. The number of aliphatic hydroxyl groups is 3. The molecule has 5 atom stereocenters. The summed E-state index contributed by atoms with van der Waals surface area (Å²) in [5, 5.41) is 36.6. The van der Waals surface area contributed by atoms with Gasteiger partial charge in [-0.2, -0.15) is 0 Å². The van der Waals surface area contributed by atoms with Crippen molar-refractivity contribution in [2.75, 3.05) is 6.61 Å². The normalized spacial score (nSPS) is 24.4. The molecule has 0 radical (unpaired) electrons. The van der Waals surface area contributed by atoms with Crippen LogP contribution in [0.3, 0.4) is 0 Å². The van der Waals surface area contributed by atoms with Crippen molar-refractivity contribution in [1.29, 1.82) is 0 Å². The van der Waals surface area contributed by atoms with Crippen LogP contribution in [0.1, 0.15) is 11.8 Å². The van der Waals surface area contributed by atoms with E-state index in [4.69, 9.17) is 20.7 Å². The molecule has 0 spiro atoms. The molecule has 1 aliphatic rings. The molecule has 0 bridgehead atoms. The van der Waals surface area contributed by atoms with E-state index in [1.807, 2.05) is 35.3 Å². The fourth-order valence-electron chi connectivity index (χ4n) is 2.69. The predicted molar refractivity (Wildman–Crippen MR) is 100 cm³/mol. The van der Waals surface area contributed by atoms with E-state index in [2.05, 4.69) is 0 Å². The fourth-order valence-corrected chi connectivity index (χ4v) is 2.69. The molecule has 2 aromatic rings.